The Bertz CT molecular complexity index is 324. The molecule has 2 atom stereocenters. The van der Waals surface area contributed by atoms with Crippen molar-refractivity contribution in [3.63, 3.8) is 0 Å². The summed E-state index contributed by atoms with van der Waals surface area (Å²) in [4.78, 5) is 0. The van der Waals surface area contributed by atoms with E-state index in [0.29, 0.717) is 12.0 Å². The Hall–Kier alpha value is -1.02. The highest BCUT2D eigenvalue weighted by Crippen LogP contribution is 2.38. The molecule has 0 amide bonds. The van der Waals surface area contributed by atoms with Gasteiger partial charge in [-0.2, -0.15) is 0 Å². The second kappa shape index (κ2) is 4.67. The molecule has 82 valence electrons. The van der Waals surface area contributed by atoms with Crippen molar-refractivity contribution in [3.05, 3.63) is 29.8 Å². The maximum atomic E-state index is 5.42. The lowest BCUT2D eigenvalue weighted by Crippen LogP contribution is -2.27. The third-order valence-electron chi connectivity index (χ3n) is 3.43. The standard InChI is InChI=1S/C13H19NO/c1-14-12-8-5-7-10(12)11-6-3-4-9-13(11)15-2/h3-4,6,9-10,12,14H,5,7-8H2,1-2H3. The number of hydrogen-bond acceptors (Lipinski definition) is 2. The van der Waals surface area contributed by atoms with E-state index in [1.54, 1.807) is 7.11 Å². The van der Waals surface area contributed by atoms with Crippen LogP contribution in [0.4, 0.5) is 0 Å². The van der Waals surface area contributed by atoms with Gasteiger partial charge in [0.05, 0.1) is 7.11 Å². The SMILES string of the molecule is CNC1CCCC1c1ccccc1OC. The van der Waals surface area contributed by atoms with E-state index in [0.717, 1.165) is 5.75 Å². The number of rotatable bonds is 3. The summed E-state index contributed by atoms with van der Waals surface area (Å²) in [6.07, 6.45) is 3.86. The molecule has 0 heterocycles. The number of para-hydroxylation sites is 1. The summed E-state index contributed by atoms with van der Waals surface area (Å²) in [5, 5.41) is 3.41. The van der Waals surface area contributed by atoms with E-state index in [2.05, 4.69) is 30.6 Å². The van der Waals surface area contributed by atoms with Gasteiger partial charge in [-0.25, -0.2) is 0 Å². The molecular formula is C13H19NO. The van der Waals surface area contributed by atoms with E-state index >= 15 is 0 Å². The molecule has 2 rings (SSSR count). The second-order valence-corrected chi connectivity index (χ2v) is 4.17. The summed E-state index contributed by atoms with van der Waals surface area (Å²) in [5.74, 6) is 1.65. The van der Waals surface area contributed by atoms with Gasteiger partial charge in [-0.3, -0.25) is 0 Å². The van der Waals surface area contributed by atoms with Crippen LogP contribution in [-0.2, 0) is 0 Å². The first-order valence-corrected chi connectivity index (χ1v) is 5.67. The zero-order valence-electron chi connectivity index (χ0n) is 9.49. The highest BCUT2D eigenvalue weighted by atomic mass is 16.5. The molecule has 0 aromatic heterocycles. The molecule has 2 unspecified atom stereocenters. The number of nitrogens with one attached hydrogen (secondary N) is 1. The Labute approximate surface area is 91.6 Å². The Morgan fingerprint density at radius 1 is 1.27 bits per heavy atom. The van der Waals surface area contributed by atoms with Gasteiger partial charge >= 0.3 is 0 Å². The Kier molecular flexibility index (Phi) is 3.27. The van der Waals surface area contributed by atoms with E-state index in [-0.39, 0.29) is 0 Å². The fourth-order valence-electron chi connectivity index (χ4n) is 2.65. The van der Waals surface area contributed by atoms with E-state index in [1.807, 2.05) is 6.07 Å². The molecule has 0 bridgehead atoms. The number of benzene rings is 1. The third-order valence-corrected chi connectivity index (χ3v) is 3.43. The minimum atomic E-state index is 0.612. The van der Waals surface area contributed by atoms with Crippen molar-refractivity contribution < 1.29 is 4.74 Å². The van der Waals surface area contributed by atoms with Gasteiger partial charge in [0.15, 0.2) is 0 Å². The van der Waals surface area contributed by atoms with Crippen LogP contribution in [0.25, 0.3) is 0 Å². The van der Waals surface area contributed by atoms with Crippen LogP contribution in [-0.4, -0.2) is 20.2 Å². The molecule has 1 aromatic carbocycles. The van der Waals surface area contributed by atoms with Gasteiger partial charge in [-0.15, -0.1) is 0 Å². The predicted molar refractivity (Wildman–Crippen MR) is 62.4 cm³/mol. The molecule has 1 N–H and O–H groups in total. The van der Waals surface area contributed by atoms with Crippen LogP contribution in [0.15, 0.2) is 24.3 Å². The molecule has 0 spiro atoms. The molecule has 0 aliphatic heterocycles. The average molecular weight is 205 g/mol. The van der Waals surface area contributed by atoms with Gasteiger partial charge in [0.2, 0.25) is 0 Å². The summed E-state index contributed by atoms with van der Waals surface area (Å²) in [6.45, 7) is 0. The van der Waals surface area contributed by atoms with Crippen LogP contribution in [0.3, 0.4) is 0 Å². The van der Waals surface area contributed by atoms with Crippen molar-refractivity contribution >= 4 is 0 Å². The fraction of sp³-hybridized carbons (Fsp3) is 0.538. The van der Waals surface area contributed by atoms with Crippen LogP contribution in [0.5, 0.6) is 5.75 Å². The van der Waals surface area contributed by atoms with Crippen molar-refractivity contribution in [1.82, 2.24) is 5.32 Å². The Morgan fingerprint density at radius 2 is 2.07 bits per heavy atom. The average Bonchev–Trinajstić information content (AvgIpc) is 2.76. The lowest BCUT2D eigenvalue weighted by molar-refractivity contribution is 0.399. The zero-order chi connectivity index (χ0) is 10.7. The number of ether oxygens (including phenoxy) is 1. The lowest BCUT2D eigenvalue weighted by atomic mass is 9.93. The largest absolute Gasteiger partial charge is 0.496 e. The minimum Gasteiger partial charge on any atom is -0.496 e. The highest BCUT2D eigenvalue weighted by molar-refractivity contribution is 5.37. The van der Waals surface area contributed by atoms with Gasteiger partial charge < -0.3 is 10.1 Å². The predicted octanol–water partition coefficient (Wildman–Crippen LogP) is 2.55. The van der Waals surface area contributed by atoms with Crippen molar-refractivity contribution in [3.8, 4) is 5.75 Å². The second-order valence-electron chi connectivity index (χ2n) is 4.17. The molecule has 0 radical (unpaired) electrons. The third kappa shape index (κ3) is 2.00. The van der Waals surface area contributed by atoms with Crippen molar-refractivity contribution in [2.75, 3.05) is 14.2 Å². The molecule has 15 heavy (non-hydrogen) atoms. The first kappa shape index (κ1) is 10.5. The molecule has 1 aliphatic rings. The summed E-state index contributed by atoms with van der Waals surface area (Å²) in [6, 6.07) is 9.00. The Balaban J connectivity index is 2.27. The van der Waals surface area contributed by atoms with Crippen LogP contribution >= 0.6 is 0 Å². The molecule has 0 saturated heterocycles. The molecule has 2 nitrogen and oxygen atoms in total. The quantitative estimate of drug-likeness (QED) is 0.818. The van der Waals surface area contributed by atoms with Gasteiger partial charge in [-0.1, -0.05) is 24.6 Å². The van der Waals surface area contributed by atoms with Crippen LogP contribution < -0.4 is 10.1 Å². The van der Waals surface area contributed by atoms with E-state index in [1.165, 1.54) is 24.8 Å². The highest BCUT2D eigenvalue weighted by Gasteiger charge is 2.28. The number of methoxy groups -OCH3 is 1. The smallest absolute Gasteiger partial charge is 0.122 e. The minimum absolute atomic E-state index is 0.612. The molecule has 1 fully saturated rings. The topological polar surface area (TPSA) is 21.3 Å². The van der Waals surface area contributed by atoms with E-state index < -0.39 is 0 Å². The van der Waals surface area contributed by atoms with Gasteiger partial charge in [0.25, 0.3) is 0 Å². The summed E-state index contributed by atoms with van der Waals surface area (Å²) in [7, 11) is 3.81. The fourth-order valence-corrected chi connectivity index (χ4v) is 2.65. The molecule has 1 aliphatic carbocycles. The molecule has 2 heteroatoms. The molecule has 1 aromatic rings. The van der Waals surface area contributed by atoms with Gasteiger partial charge in [-0.05, 0) is 31.5 Å². The Morgan fingerprint density at radius 3 is 2.80 bits per heavy atom. The first-order valence-electron chi connectivity index (χ1n) is 5.67. The number of likely N-dealkylation sites (N-methyl/N-ethyl adjacent to an activating group) is 1. The summed E-state index contributed by atoms with van der Waals surface area (Å²) >= 11 is 0. The number of hydrogen-bond donors (Lipinski definition) is 1. The van der Waals surface area contributed by atoms with Crippen LogP contribution in [0, 0.1) is 0 Å². The maximum Gasteiger partial charge on any atom is 0.122 e. The lowest BCUT2D eigenvalue weighted by Gasteiger charge is -2.21. The van der Waals surface area contributed by atoms with Gasteiger partial charge in [0, 0.05) is 12.0 Å². The summed E-state index contributed by atoms with van der Waals surface area (Å²) in [5.41, 5.74) is 1.36. The van der Waals surface area contributed by atoms with Crippen molar-refractivity contribution in [2.45, 2.75) is 31.2 Å². The van der Waals surface area contributed by atoms with Crippen molar-refractivity contribution in [2.24, 2.45) is 0 Å². The molecule has 1 saturated carbocycles. The molecular weight excluding hydrogens is 186 g/mol. The van der Waals surface area contributed by atoms with Crippen LogP contribution in [0.2, 0.25) is 0 Å². The van der Waals surface area contributed by atoms with E-state index in [4.69, 9.17) is 4.74 Å². The summed E-state index contributed by atoms with van der Waals surface area (Å²) < 4.78 is 5.42. The van der Waals surface area contributed by atoms with E-state index in [9.17, 15) is 0 Å². The maximum absolute atomic E-state index is 5.42. The van der Waals surface area contributed by atoms with Crippen molar-refractivity contribution in [1.29, 1.82) is 0 Å². The van der Waals surface area contributed by atoms with Crippen LogP contribution in [0.1, 0.15) is 30.7 Å². The zero-order valence-corrected chi connectivity index (χ0v) is 9.49. The van der Waals surface area contributed by atoms with Gasteiger partial charge in [0.1, 0.15) is 5.75 Å². The monoisotopic (exact) mass is 205 g/mol. The normalized spacial score (nSPS) is 25.5. The first-order chi connectivity index (χ1) is 7.36.